The molecule has 2 heterocycles. The lowest BCUT2D eigenvalue weighted by molar-refractivity contribution is -0.138. The fourth-order valence-electron chi connectivity index (χ4n) is 3.24. The molecule has 3 N–H and O–H groups in total. The molecule has 4 rings (SSSR count). The standard InChI is InChI=1S/C22H17F3N4O7/c23-11-6-12(24)18-19(17(11)25)34-9-14(30)13(7-16(32)35-18)27-15(31)8-26-21(33)22-28-20(29-36-22)10-4-2-1-3-5-10/h1-6,13,20,29H,7-9H2,(H,26,33)(H,27,31). The second-order valence-corrected chi connectivity index (χ2v) is 7.52. The Morgan fingerprint density at radius 1 is 1.08 bits per heavy atom. The minimum atomic E-state index is -1.65. The molecule has 2 aliphatic heterocycles. The molecule has 2 amide bonds. The van der Waals surface area contributed by atoms with Crippen LogP contribution in [-0.2, 0) is 24.0 Å². The molecule has 14 heteroatoms. The molecule has 0 saturated heterocycles. The normalized spacial score (nSPS) is 19.4. The predicted molar refractivity (Wildman–Crippen MR) is 113 cm³/mol. The van der Waals surface area contributed by atoms with E-state index in [0.717, 1.165) is 5.56 Å². The van der Waals surface area contributed by atoms with E-state index < -0.39 is 84.3 Å². The van der Waals surface area contributed by atoms with Crippen LogP contribution in [0.3, 0.4) is 0 Å². The summed E-state index contributed by atoms with van der Waals surface area (Å²) >= 11 is 0. The molecule has 36 heavy (non-hydrogen) atoms. The van der Waals surface area contributed by atoms with Crippen molar-refractivity contribution in [2.45, 2.75) is 18.6 Å². The highest BCUT2D eigenvalue weighted by atomic mass is 19.2. The number of esters is 1. The van der Waals surface area contributed by atoms with E-state index >= 15 is 0 Å². The highest BCUT2D eigenvalue weighted by Gasteiger charge is 2.32. The average Bonchev–Trinajstić information content (AvgIpc) is 3.37. The zero-order valence-corrected chi connectivity index (χ0v) is 18.2. The van der Waals surface area contributed by atoms with Crippen LogP contribution in [0.2, 0.25) is 0 Å². The highest BCUT2D eigenvalue weighted by molar-refractivity contribution is 6.35. The Morgan fingerprint density at radius 3 is 2.58 bits per heavy atom. The van der Waals surface area contributed by atoms with E-state index in [1.165, 1.54) is 0 Å². The van der Waals surface area contributed by atoms with Crippen LogP contribution in [0.25, 0.3) is 0 Å². The molecule has 2 atom stereocenters. The summed E-state index contributed by atoms with van der Waals surface area (Å²) in [4.78, 5) is 58.2. The fourth-order valence-corrected chi connectivity index (χ4v) is 3.24. The number of aliphatic imine (C=N–C) groups is 1. The Hall–Kier alpha value is -4.46. The summed E-state index contributed by atoms with van der Waals surface area (Å²) in [6, 6.07) is 7.52. The van der Waals surface area contributed by atoms with Gasteiger partial charge < -0.3 is 24.9 Å². The maximum atomic E-state index is 14.0. The number of halogens is 3. The highest BCUT2D eigenvalue weighted by Crippen LogP contribution is 2.36. The minimum Gasteiger partial charge on any atom is -0.479 e. The van der Waals surface area contributed by atoms with Crippen LogP contribution < -0.4 is 25.6 Å². The number of carbonyl (C=O) groups is 4. The Bertz CT molecular complexity index is 1260. The molecule has 0 saturated carbocycles. The van der Waals surface area contributed by atoms with Crippen molar-refractivity contribution in [3.05, 3.63) is 59.4 Å². The van der Waals surface area contributed by atoms with Gasteiger partial charge in [0, 0.05) is 6.07 Å². The van der Waals surface area contributed by atoms with Gasteiger partial charge in [-0.3, -0.25) is 19.2 Å². The number of hydrogen-bond donors (Lipinski definition) is 3. The van der Waals surface area contributed by atoms with E-state index in [-0.39, 0.29) is 12.0 Å². The van der Waals surface area contributed by atoms with Gasteiger partial charge in [0.1, 0.15) is 12.6 Å². The van der Waals surface area contributed by atoms with E-state index in [1.54, 1.807) is 30.3 Å². The summed E-state index contributed by atoms with van der Waals surface area (Å²) in [6.45, 7) is -1.57. The number of carbonyl (C=O) groups excluding carboxylic acids is 4. The first-order valence-corrected chi connectivity index (χ1v) is 10.4. The van der Waals surface area contributed by atoms with Gasteiger partial charge in [-0.1, -0.05) is 30.3 Å². The Kier molecular flexibility index (Phi) is 7.15. The van der Waals surface area contributed by atoms with E-state index in [0.29, 0.717) is 0 Å². The molecule has 0 fully saturated rings. The number of nitrogens with one attached hydrogen (secondary N) is 3. The Morgan fingerprint density at radius 2 is 1.83 bits per heavy atom. The molecule has 188 valence electrons. The molecule has 2 aromatic rings. The van der Waals surface area contributed by atoms with Crippen molar-refractivity contribution >= 4 is 29.5 Å². The largest absolute Gasteiger partial charge is 0.479 e. The molecule has 2 aromatic carbocycles. The molecule has 0 bridgehead atoms. The van der Waals surface area contributed by atoms with Gasteiger partial charge in [-0.05, 0) is 5.56 Å². The summed E-state index contributed by atoms with van der Waals surface area (Å²) in [5.74, 6) is -11.0. The maximum Gasteiger partial charge on any atom is 0.313 e. The van der Waals surface area contributed by atoms with Gasteiger partial charge in [0.25, 0.3) is 0 Å². The van der Waals surface area contributed by atoms with Crippen molar-refractivity contribution in [2.75, 3.05) is 13.2 Å². The fraction of sp³-hybridized carbons (Fsp3) is 0.227. The van der Waals surface area contributed by atoms with E-state index in [1.807, 2.05) is 0 Å². The minimum absolute atomic E-state index is 0.155. The first-order chi connectivity index (χ1) is 17.2. The number of benzene rings is 2. The van der Waals surface area contributed by atoms with Gasteiger partial charge in [-0.15, -0.1) is 5.48 Å². The molecule has 0 radical (unpaired) electrons. The number of fused-ring (bicyclic) bond motifs is 1. The van der Waals surface area contributed by atoms with Crippen molar-refractivity contribution < 1.29 is 46.7 Å². The lowest BCUT2D eigenvalue weighted by Crippen LogP contribution is -2.48. The number of ketones is 1. The number of Topliss-reactive ketones (excluding diaryl/α,β-unsaturated/α-hetero) is 1. The molecular weight excluding hydrogens is 489 g/mol. The lowest BCUT2D eigenvalue weighted by atomic mass is 10.1. The SMILES string of the molecule is O=C(CNC(=O)C1=NC(c2ccccc2)NO1)NC1CC(=O)Oc2c(F)cc(F)c(F)c2OCC1=O. The van der Waals surface area contributed by atoms with Crippen LogP contribution >= 0.6 is 0 Å². The van der Waals surface area contributed by atoms with Crippen LogP contribution in [0.5, 0.6) is 11.5 Å². The number of amides is 2. The summed E-state index contributed by atoms with van der Waals surface area (Å²) in [7, 11) is 0. The molecular formula is C22H17F3N4O7. The van der Waals surface area contributed by atoms with E-state index in [9.17, 15) is 32.3 Å². The van der Waals surface area contributed by atoms with E-state index in [2.05, 4.69) is 21.1 Å². The van der Waals surface area contributed by atoms with Gasteiger partial charge in [0.2, 0.25) is 23.2 Å². The second-order valence-electron chi connectivity index (χ2n) is 7.52. The van der Waals surface area contributed by atoms with Gasteiger partial charge in [0.05, 0.1) is 13.0 Å². The number of hydroxylamine groups is 1. The number of hydrogen-bond acceptors (Lipinski definition) is 9. The molecule has 0 spiro atoms. The monoisotopic (exact) mass is 506 g/mol. The van der Waals surface area contributed by atoms with Crippen LogP contribution in [0.4, 0.5) is 13.2 Å². The van der Waals surface area contributed by atoms with Gasteiger partial charge >= 0.3 is 17.8 Å². The number of ether oxygens (including phenoxy) is 2. The van der Waals surface area contributed by atoms with Crippen molar-refractivity contribution in [3.8, 4) is 11.5 Å². The summed E-state index contributed by atoms with van der Waals surface area (Å²) < 4.78 is 51.0. The smallest absolute Gasteiger partial charge is 0.313 e. The van der Waals surface area contributed by atoms with Crippen LogP contribution in [0.15, 0.2) is 41.4 Å². The van der Waals surface area contributed by atoms with Crippen LogP contribution in [-0.4, -0.2) is 48.7 Å². The van der Waals surface area contributed by atoms with Gasteiger partial charge in [0.15, 0.2) is 23.6 Å². The summed E-state index contributed by atoms with van der Waals surface area (Å²) in [6.07, 6.45) is -1.39. The van der Waals surface area contributed by atoms with E-state index in [4.69, 9.17) is 14.3 Å². The van der Waals surface area contributed by atoms with Gasteiger partial charge in [-0.2, -0.15) is 4.39 Å². The third-order valence-electron chi connectivity index (χ3n) is 4.99. The quantitative estimate of drug-likeness (QED) is 0.304. The van der Waals surface area contributed by atoms with Crippen molar-refractivity contribution in [1.29, 1.82) is 0 Å². The third kappa shape index (κ3) is 5.43. The predicted octanol–water partition coefficient (Wildman–Crippen LogP) is 0.594. The first kappa shape index (κ1) is 24.7. The molecule has 11 nitrogen and oxygen atoms in total. The average molecular weight is 506 g/mol. The number of nitrogens with zero attached hydrogens (tertiary/aromatic N) is 1. The molecule has 0 aliphatic carbocycles. The van der Waals surface area contributed by atoms with Crippen molar-refractivity contribution in [2.24, 2.45) is 4.99 Å². The second kappa shape index (κ2) is 10.4. The molecule has 2 unspecified atom stereocenters. The first-order valence-electron chi connectivity index (χ1n) is 10.4. The van der Waals surface area contributed by atoms with Crippen LogP contribution in [0, 0.1) is 17.5 Å². The summed E-state index contributed by atoms with van der Waals surface area (Å²) in [5, 5.41) is 4.44. The molecule has 0 aromatic heterocycles. The topological polar surface area (TPSA) is 144 Å². The van der Waals surface area contributed by atoms with Crippen molar-refractivity contribution in [3.63, 3.8) is 0 Å². The Balaban J connectivity index is 1.35. The summed E-state index contributed by atoms with van der Waals surface area (Å²) in [5.41, 5.74) is 3.29. The zero-order valence-electron chi connectivity index (χ0n) is 18.2. The maximum absolute atomic E-state index is 14.0. The molecule has 2 aliphatic rings. The zero-order chi connectivity index (χ0) is 25.8. The van der Waals surface area contributed by atoms with Crippen LogP contribution in [0.1, 0.15) is 18.2 Å². The van der Waals surface area contributed by atoms with Gasteiger partial charge in [-0.25, -0.2) is 13.8 Å². The van der Waals surface area contributed by atoms with Crippen molar-refractivity contribution in [1.82, 2.24) is 16.1 Å². The number of rotatable bonds is 5. The lowest BCUT2D eigenvalue weighted by Gasteiger charge is -2.15. The Labute approximate surface area is 200 Å². The third-order valence-corrected chi connectivity index (χ3v) is 4.99.